The number of methoxy groups -OCH3 is 2. The highest BCUT2D eigenvalue weighted by atomic mass is 79.9. The van der Waals surface area contributed by atoms with E-state index < -0.39 is 22.5 Å². The van der Waals surface area contributed by atoms with Crippen LogP contribution in [-0.4, -0.2) is 47.1 Å². The standard InChI is InChI=1S/C19H22BrN3O5S/c1-13(14-5-7-15(20)8-6-14)21-22-19(24)12-23(29(4,25)26)17-10-9-16(27-2)11-18(17)28-3/h5-11H,12H2,1-4H3,(H,22,24)/b21-13-. The van der Waals surface area contributed by atoms with Crippen molar-refractivity contribution in [2.45, 2.75) is 6.92 Å². The third-order valence-electron chi connectivity index (χ3n) is 3.95. The molecule has 0 fully saturated rings. The summed E-state index contributed by atoms with van der Waals surface area (Å²) in [6.45, 7) is 1.28. The van der Waals surface area contributed by atoms with Gasteiger partial charge < -0.3 is 9.47 Å². The van der Waals surface area contributed by atoms with Gasteiger partial charge in [0.1, 0.15) is 18.0 Å². The van der Waals surface area contributed by atoms with Crippen LogP contribution in [0.3, 0.4) is 0 Å². The second-order valence-corrected chi connectivity index (χ2v) is 8.87. The van der Waals surface area contributed by atoms with Gasteiger partial charge in [-0.3, -0.25) is 9.10 Å². The van der Waals surface area contributed by atoms with Crippen LogP contribution in [0.5, 0.6) is 11.5 Å². The molecule has 29 heavy (non-hydrogen) atoms. The van der Waals surface area contributed by atoms with Gasteiger partial charge in [-0.15, -0.1) is 0 Å². The number of sulfonamides is 1. The van der Waals surface area contributed by atoms with Gasteiger partial charge >= 0.3 is 0 Å². The average Bonchev–Trinajstić information content (AvgIpc) is 2.69. The second kappa shape index (κ2) is 9.75. The third-order valence-corrected chi connectivity index (χ3v) is 5.61. The molecule has 0 aromatic heterocycles. The van der Waals surface area contributed by atoms with E-state index in [4.69, 9.17) is 9.47 Å². The Morgan fingerprint density at radius 3 is 2.34 bits per heavy atom. The van der Waals surface area contributed by atoms with Gasteiger partial charge in [-0.1, -0.05) is 28.1 Å². The molecule has 1 N–H and O–H groups in total. The highest BCUT2D eigenvalue weighted by molar-refractivity contribution is 9.10. The van der Waals surface area contributed by atoms with Crippen molar-refractivity contribution in [1.82, 2.24) is 5.43 Å². The minimum Gasteiger partial charge on any atom is -0.497 e. The van der Waals surface area contributed by atoms with Gasteiger partial charge in [-0.2, -0.15) is 5.10 Å². The van der Waals surface area contributed by atoms with Crippen LogP contribution in [-0.2, 0) is 14.8 Å². The quantitative estimate of drug-likeness (QED) is 0.459. The van der Waals surface area contributed by atoms with Crippen LogP contribution in [0, 0.1) is 0 Å². The van der Waals surface area contributed by atoms with Crippen LogP contribution in [0.4, 0.5) is 5.69 Å². The molecular formula is C19H22BrN3O5S. The normalized spacial score (nSPS) is 11.7. The lowest BCUT2D eigenvalue weighted by molar-refractivity contribution is -0.119. The summed E-state index contributed by atoms with van der Waals surface area (Å²) in [5, 5.41) is 4.05. The van der Waals surface area contributed by atoms with E-state index >= 15 is 0 Å². The van der Waals surface area contributed by atoms with Crippen molar-refractivity contribution in [2.75, 3.05) is 31.3 Å². The maximum absolute atomic E-state index is 12.4. The van der Waals surface area contributed by atoms with Crippen molar-refractivity contribution in [3.8, 4) is 11.5 Å². The molecule has 0 spiro atoms. The number of hydrazone groups is 1. The smallest absolute Gasteiger partial charge is 0.260 e. The fraction of sp³-hybridized carbons (Fsp3) is 0.263. The van der Waals surface area contributed by atoms with Gasteiger partial charge in [-0.25, -0.2) is 13.8 Å². The van der Waals surface area contributed by atoms with Crippen LogP contribution in [0.15, 0.2) is 52.0 Å². The number of nitrogens with one attached hydrogen (secondary N) is 1. The van der Waals surface area contributed by atoms with Gasteiger partial charge in [-0.05, 0) is 36.8 Å². The largest absolute Gasteiger partial charge is 0.497 e. The first-order chi connectivity index (χ1) is 13.7. The van der Waals surface area contributed by atoms with E-state index in [1.807, 2.05) is 24.3 Å². The molecule has 0 saturated carbocycles. The lowest BCUT2D eigenvalue weighted by Crippen LogP contribution is -2.39. The SMILES string of the molecule is COc1ccc(N(CC(=O)N/N=C(/C)c2ccc(Br)cc2)S(C)(=O)=O)c(OC)c1. The number of rotatable bonds is 8. The molecule has 2 aromatic rings. The Labute approximate surface area is 178 Å². The van der Waals surface area contributed by atoms with E-state index in [1.54, 1.807) is 19.1 Å². The molecule has 8 nitrogen and oxygen atoms in total. The van der Waals surface area contributed by atoms with Crippen molar-refractivity contribution in [2.24, 2.45) is 5.10 Å². The molecule has 0 unspecified atom stereocenters. The van der Waals surface area contributed by atoms with E-state index in [1.165, 1.54) is 20.3 Å². The Hall–Kier alpha value is -2.59. The van der Waals surface area contributed by atoms with E-state index in [2.05, 4.69) is 26.5 Å². The van der Waals surface area contributed by atoms with Crippen molar-refractivity contribution in [3.05, 3.63) is 52.5 Å². The second-order valence-electron chi connectivity index (χ2n) is 6.05. The minimum absolute atomic E-state index is 0.222. The van der Waals surface area contributed by atoms with Crippen LogP contribution < -0.4 is 19.2 Å². The Balaban J connectivity index is 2.22. The molecule has 0 aliphatic rings. The molecule has 0 aliphatic carbocycles. The average molecular weight is 484 g/mol. The molecule has 0 heterocycles. The summed E-state index contributed by atoms with van der Waals surface area (Å²) in [7, 11) is -0.867. The lowest BCUT2D eigenvalue weighted by Gasteiger charge is -2.23. The number of ether oxygens (including phenoxy) is 2. The first-order valence-corrected chi connectivity index (χ1v) is 11.1. The number of carbonyl (C=O) groups is 1. The Morgan fingerprint density at radius 1 is 1.14 bits per heavy atom. The molecule has 156 valence electrons. The van der Waals surface area contributed by atoms with Crippen LogP contribution in [0.2, 0.25) is 0 Å². The molecule has 1 amide bonds. The van der Waals surface area contributed by atoms with Crippen LogP contribution in [0.1, 0.15) is 12.5 Å². The number of anilines is 1. The molecule has 0 atom stereocenters. The van der Waals surface area contributed by atoms with Crippen molar-refractivity contribution in [1.29, 1.82) is 0 Å². The number of amides is 1. The highest BCUT2D eigenvalue weighted by Crippen LogP contribution is 2.33. The molecule has 0 aliphatic heterocycles. The highest BCUT2D eigenvalue weighted by Gasteiger charge is 2.24. The predicted molar refractivity (Wildman–Crippen MR) is 116 cm³/mol. The van der Waals surface area contributed by atoms with Crippen molar-refractivity contribution >= 4 is 43.3 Å². The fourth-order valence-electron chi connectivity index (χ4n) is 2.44. The maximum atomic E-state index is 12.4. The molecular weight excluding hydrogens is 462 g/mol. The molecule has 2 rings (SSSR count). The predicted octanol–water partition coefficient (Wildman–Crippen LogP) is 2.77. The van der Waals surface area contributed by atoms with Crippen molar-refractivity contribution in [3.63, 3.8) is 0 Å². The zero-order chi connectivity index (χ0) is 21.6. The molecule has 0 bridgehead atoms. The van der Waals surface area contributed by atoms with Crippen LogP contribution in [0.25, 0.3) is 0 Å². The Bertz CT molecular complexity index is 1010. The molecule has 0 radical (unpaired) electrons. The van der Waals surface area contributed by atoms with E-state index in [0.29, 0.717) is 11.5 Å². The van der Waals surface area contributed by atoms with Crippen LogP contribution >= 0.6 is 15.9 Å². The summed E-state index contributed by atoms with van der Waals surface area (Å²) in [5.74, 6) is 0.167. The van der Waals surface area contributed by atoms with E-state index in [0.717, 1.165) is 20.6 Å². The number of halogens is 1. The number of benzene rings is 2. The van der Waals surface area contributed by atoms with E-state index in [9.17, 15) is 13.2 Å². The van der Waals surface area contributed by atoms with Gasteiger partial charge in [0, 0.05) is 10.5 Å². The minimum atomic E-state index is -3.76. The molecule has 0 saturated heterocycles. The Kier molecular flexibility index (Phi) is 7.63. The molecule has 10 heteroatoms. The van der Waals surface area contributed by atoms with Gasteiger partial charge in [0.15, 0.2) is 0 Å². The Morgan fingerprint density at radius 2 is 1.79 bits per heavy atom. The summed E-state index contributed by atoms with van der Waals surface area (Å²) >= 11 is 3.36. The monoisotopic (exact) mass is 483 g/mol. The zero-order valence-corrected chi connectivity index (χ0v) is 18.9. The fourth-order valence-corrected chi connectivity index (χ4v) is 3.56. The first kappa shape index (κ1) is 22.7. The number of hydrogen-bond acceptors (Lipinski definition) is 6. The summed E-state index contributed by atoms with van der Waals surface area (Å²) in [5.41, 5.74) is 4.02. The first-order valence-electron chi connectivity index (χ1n) is 8.44. The number of hydrogen-bond donors (Lipinski definition) is 1. The summed E-state index contributed by atoms with van der Waals surface area (Å²) < 4.78 is 36.9. The molecule has 2 aromatic carbocycles. The maximum Gasteiger partial charge on any atom is 0.260 e. The van der Waals surface area contributed by atoms with Gasteiger partial charge in [0.05, 0.1) is 31.9 Å². The topological polar surface area (TPSA) is 97.3 Å². The van der Waals surface area contributed by atoms with Gasteiger partial charge in [0.25, 0.3) is 5.91 Å². The zero-order valence-electron chi connectivity index (χ0n) is 16.5. The lowest BCUT2D eigenvalue weighted by atomic mass is 10.1. The summed E-state index contributed by atoms with van der Waals surface area (Å²) in [4.78, 5) is 12.4. The van der Waals surface area contributed by atoms with E-state index in [-0.39, 0.29) is 11.4 Å². The third kappa shape index (κ3) is 6.20. The summed E-state index contributed by atoms with van der Waals surface area (Å²) in [6.07, 6.45) is 1.01. The number of nitrogens with zero attached hydrogens (tertiary/aromatic N) is 2. The van der Waals surface area contributed by atoms with Crippen molar-refractivity contribution < 1.29 is 22.7 Å². The summed E-state index contributed by atoms with van der Waals surface area (Å²) in [6, 6.07) is 12.1. The number of carbonyl (C=O) groups excluding carboxylic acids is 1. The van der Waals surface area contributed by atoms with Gasteiger partial charge in [0.2, 0.25) is 10.0 Å².